The monoisotopic (exact) mass is 257 g/mol. The van der Waals surface area contributed by atoms with Crippen LogP contribution in [0.3, 0.4) is 0 Å². The number of nitrogens with zero attached hydrogens (tertiary/aromatic N) is 1. The van der Waals surface area contributed by atoms with Gasteiger partial charge in [0, 0.05) is 17.6 Å². The Bertz CT molecular complexity index is 628. The number of amides is 2. The van der Waals surface area contributed by atoms with E-state index in [1.165, 1.54) is 0 Å². The molecule has 19 heavy (non-hydrogen) atoms. The summed E-state index contributed by atoms with van der Waals surface area (Å²) in [6.07, 6.45) is 3.71. The molecule has 1 aromatic carbocycles. The molecule has 0 radical (unpaired) electrons. The SMILES string of the molecule is O=C(Cn1ccc2ccccc21)NNC(=O)C1CC1. The Kier molecular flexibility index (Phi) is 2.95. The van der Waals surface area contributed by atoms with Crippen molar-refractivity contribution >= 4 is 22.7 Å². The molecule has 0 saturated heterocycles. The second kappa shape index (κ2) is 4.76. The molecular weight excluding hydrogens is 242 g/mol. The minimum atomic E-state index is -0.227. The molecule has 5 nitrogen and oxygen atoms in total. The van der Waals surface area contributed by atoms with Gasteiger partial charge >= 0.3 is 0 Å². The third-order valence-corrected chi connectivity index (χ3v) is 3.27. The summed E-state index contributed by atoms with van der Waals surface area (Å²) in [4.78, 5) is 23.1. The maximum Gasteiger partial charge on any atom is 0.258 e. The van der Waals surface area contributed by atoms with Gasteiger partial charge in [0.15, 0.2) is 0 Å². The van der Waals surface area contributed by atoms with E-state index in [4.69, 9.17) is 0 Å². The highest BCUT2D eigenvalue weighted by molar-refractivity contribution is 5.86. The summed E-state index contributed by atoms with van der Waals surface area (Å²) < 4.78 is 1.86. The van der Waals surface area contributed by atoms with Crippen molar-refractivity contribution in [3.8, 4) is 0 Å². The Labute approximate surface area is 110 Å². The molecule has 0 atom stereocenters. The van der Waals surface area contributed by atoms with Gasteiger partial charge < -0.3 is 4.57 Å². The van der Waals surface area contributed by atoms with E-state index in [1.807, 2.05) is 41.1 Å². The van der Waals surface area contributed by atoms with Crippen LogP contribution in [-0.2, 0) is 16.1 Å². The van der Waals surface area contributed by atoms with Gasteiger partial charge in [-0.15, -0.1) is 0 Å². The van der Waals surface area contributed by atoms with Crippen molar-refractivity contribution in [2.45, 2.75) is 19.4 Å². The summed E-state index contributed by atoms with van der Waals surface area (Å²) in [6, 6.07) is 9.82. The molecule has 0 spiro atoms. The third-order valence-electron chi connectivity index (χ3n) is 3.27. The van der Waals surface area contributed by atoms with Crippen molar-refractivity contribution in [1.29, 1.82) is 0 Å². The lowest BCUT2D eigenvalue weighted by Gasteiger charge is -2.08. The number of nitrogens with one attached hydrogen (secondary N) is 2. The number of carbonyl (C=O) groups is 2. The van der Waals surface area contributed by atoms with Gasteiger partial charge in [0.05, 0.1) is 0 Å². The lowest BCUT2D eigenvalue weighted by molar-refractivity contribution is -0.129. The largest absolute Gasteiger partial charge is 0.338 e. The number of aromatic nitrogens is 1. The van der Waals surface area contributed by atoms with Crippen LogP contribution in [0.4, 0.5) is 0 Å². The maximum atomic E-state index is 11.8. The number of benzene rings is 1. The van der Waals surface area contributed by atoms with Crippen molar-refractivity contribution < 1.29 is 9.59 Å². The first-order valence-electron chi connectivity index (χ1n) is 6.36. The van der Waals surface area contributed by atoms with Crippen molar-refractivity contribution in [3.63, 3.8) is 0 Å². The molecule has 5 heteroatoms. The van der Waals surface area contributed by atoms with Gasteiger partial charge in [-0.1, -0.05) is 18.2 Å². The molecule has 1 fully saturated rings. The van der Waals surface area contributed by atoms with Crippen LogP contribution in [0.5, 0.6) is 0 Å². The van der Waals surface area contributed by atoms with E-state index < -0.39 is 0 Å². The topological polar surface area (TPSA) is 63.1 Å². The Balaban J connectivity index is 1.61. The zero-order chi connectivity index (χ0) is 13.2. The van der Waals surface area contributed by atoms with Crippen LogP contribution < -0.4 is 10.9 Å². The summed E-state index contributed by atoms with van der Waals surface area (Å²) in [5.41, 5.74) is 5.91. The quantitative estimate of drug-likeness (QED) is 0.811. The minimum Gasteiger partial charge on any atom is -0.338 e. The number of carbonyl (C=O) groups excluding carboxylic acids is 2. The summed E-state index contributed by atoms with van der Waals surface area (Å²) in [6.45, 7) is 0.193. The Hall–Kier alpha value is -2.30. The highest BCUT2D eigenvalue weighted by atomic mass is 16.2. The van der Waals surface area contributed by atoms with Gasteiger partial charge in [-0.3, -0.25) is 20.4 Å². The lowest BCUT2D eigenvalue weighted by atomic mass is 10.2. The zero-order valence-electron chi connectivity index (χ0n) is 10.4. The van der Waals surface area contributed by atoms with Gasteiger partial charge in [0.25, 0.3) is 5.91 Å². The molecule has 1 aliphatic rings. The van der Waals surface area contributed by atoms with Gasteiger partial charge in [0.2, 0.25) is 5.91 Å². The molecule has 3 rings (SSSR count). The summed E-state index contributed by atoms with van der Waals surface area (Å²) in [5.74, 6) is -0.228. The fourth-order valence-corrected chi connectivity index (χ4v) is 2.05. The summed E-state index contributed by atoms with van der Waals surface area (Å²) >= 11 is 0. The van der Waals surface area contributed by atoms with Crippen molar-refractivity contribution in [2.24, 2.45) is 5.92 Å². The number of hydrogen-bond acceptors (Lipinski definition) is 2. The molecule has 1 aliphatic carbocycles. The van der Waals surface area contributed by atoms with Crippen molar-refractivity contribution in [2.75, 3.05) is 0 Å². The molecule has 1 aromatic heterocycles. The fourth-order valence-electron chi connectivity index (χ4n) is 2.05. The van der Waals surface area contributed by atoms with E-state index in [9.17, 15) is 9.59 Å². The zero-order valence-corrected chi connectivity index (χ0v) is 10.4. The summed E-state index contributed by atoms with van der Waals surface area (Å²) in [7, 11) is 0. The number of hydrogen-bond donors (Lipinski definition) is 2. The second-order valence-corrected chi connectivity index (χ2v) is 4.81. The minimum absolute atomic E-state index is 0.0905. The molecule has 2 aromatic rings. The average molecular weight is 257 g/mol. The van der Waals surface area contributed by atoms with Crippen LogP contribution in [0.2, 0.25) is 0 Å². The Morgan fingerprint density at radius 2 is 1.95 bits per heavy atom. The van der Waals surface area contributed by atoms with E-state index in [-0.39, 0.29) is 24.3 Å². The van der Waals surface area contributed by atoms with E-state index >= 15 is 0 Å². The van der Waals surface area contributed by atoms with E-state index in [0.29, 0.717) is 0 Å². The Morgan fingerprint density at radius 1 is 1.16 bits per heavy atom. The molecule has 1 heterocycles. The maximum absolute atomic E-state index is 11.8. The van der Waals surface area contributed by atoms with Gasteiger partial charge in [-0.05, 0) is 30.4 Å². The summed E-state index contributed by atoms with van der Waals surface area (Å²) in [5, 5.41) is 1.09. The average Bonchev–Trinajstić information content (AvgIpc) is 3.20. The lowest BCUT2D eigenvalue weighted by Crippen LogP contribution is -2.43. The van der Waals surface area contributed by atoms with Crippen LogP contribution in [0.1, 0.15) is 12.8 Å². The fraction of sp³-hybridized carbons (Fsp3) is 0.286. The van der Waals surface area contributed by atoms with E-state index in [0.717, 1.165) is 23.7 Å². The molecule has 0 bridgehead atoms. The van der Waals surface area contributed by atoms with Crippen LogP contribution in [0.15, 0.2) is 36.5 Å². The highest BCUT2D eigenvalue weighted by Gasteiger charge is 2.29. The van der Waals surface area contributed by atoms with Crippen LogP contribution in [0.25, 0.3) is 10.9 Å². The van der Waals surface area contributed by atoms with Crippen molar-refractivity contribution in [1.82, 2.24) is 15.4 Å². The van der Waals surface area contributed by atoms with E-state index in [2.05, 4.69) is 10.9 Å². The molecule has 2 N–H and O–H groups in total. The predicted molar refractivity (Wildman–Crippen MR) is 70.9 cm³/mol. The van der Waals surface area contributed by atoms with Crippen LogP contribution in [0, 0.1) is 5.92 Å². The molecule has 1 saturated carbocycles. The van der Waals surface area contributed by atoms with E-state index in [1.54, 1.807) is 0 Å². The molecule has 98 valence electrons. The first-order valence-corrected chi connectivity index (χ1v) is 6.36. The molecular formula is C14H15N3O2. The normalized spacial score (nSPS) is 14.3. The number of rotatable bonds is 3. The molecule has 0 aliphatic heterocycles. The smallest absolute Gasteiger partial charge is 0.258 e. The highest BCUT2D eigenvalue weighted by Crippen LogP contribution is 2.28. The predicted octanol–water partition coefficient (Wildman–Crippen LogP) is 1.20. The van der Waals surface area contributed by atoms with Gasteiger partial charge in [-0.25, -0.2) is 0 Å². The van der Waals surface area contributed by atoms with Crippen LogP contribution >= 0.6 is 0 Å². The number of fused-ring (bicyclic) bond motifs is 1. The van der Waals surface area contributed by atoms with Crippen molar-refractivity contribution in [3.05, 3.63) is 36.5 Å². The molecule has 0 unspecified atom stereocenters. The first-order chi connectivity index (χ1) is 9.24. The van der Waals surface area contributed by atoms with Gasteiger partial charge in [0.1, 0.15) is 6.54 Å². The van der Waals surface area contributed by atoms with Crippen LogP contribution in [-0.4, -0.2) is 16.4 Å². The standard InChI is InChI=1S/C14H15N3O2/c18-13(15-16-14(19)11-5-6-11)9-17-8-7-10-3-1-2-4-12(10)17/h1-4,7-8,11H,5-6,9H2,(H,15,18)(H,16,19). The first kappa shape index (κ1) is 11.8. The van der Waals surface area contributed by atoms with Gasteiger partial charge in [-0.2, -0.15) is 0 Å². The second-order valence-electron chi connectivity index (χ2n) is 4.81. The number of para-hydroxylation sites is 1. The third kappa shape index (κ3) is 2.59. The Morgan fingerprint density at radius 3 is 2.74 bits per heavy atom. The molecule has 2 amide bonds. The number of hydrazine groups is 1.